The fraction of sp³-hybridized carbons (Fsp3) is 0.435. The molecule has 1 heterocycles. The minimum absolute atomic E-state index is 0.0422. The molecule has 0 aliphatic carbocycles. The molecule has 27 heavy (non-hydrogen) atoms. The van der Waals surface area contributed by atoms with E-state index in [0.29, 0.717) is 12.1 Å². The first-order valence-electron chi connectivity index (χ1n) is 9.72. The quantitative estimate of drug-likeness (QED) is 0.726. The summed E-state index contributed by atoms with van der Waals surface area (Å²) in [5.74, 6) is 0. The number of alkyl carbamates (subject to hydrolysis) is 1. The lowest BCUT2D eigenvalue weighted by atomic mass is 9.99. The number of ether oxygens (including phenoxy) is 1. The molecule has 2 aromatic carbocycles. The van der Waals surface area contributed by atoms with Crippen molar-refractivity contribution in [2.45, 2.75) is 63.8 Å². The topological polar surface area (TPSA) is 60.3 Å². The van der Waals surface area contributed by atoms with E-state index >= 15 is 0 Å². The fourth-order valence-corrected chi connectivity index (χ4v) is 3.39. The Balaban J connectivity index is 1.57. The smallest absolute Gasteiger partial charge is 0.407 e. The highest BCUT2D eigenvalue weighted by Crippen LogP contribution is 2.23. The lowest BCUT2D eigenvalue weighted by Crippen LogP contribution is -2.41. The summed E-state index contributed by atoms with van der Waals surface area (Å²) < 4.78 is 5.46. The van der Waals surface area contributed by atoms with E-state index in [1.807, 2.05) is 45.0 Å². The molecule has 0 spiro atoms. The molecule has 0 aromatic heterocycles. The van der Waals surface area contributed by atoms with Gasteiger partial charge in [0, 0.05) is 18.1 Å². The van der Waals surface area contributed by atoms with Crippen LogP contribution in [0.2, 0.25) is 0 Å². The molecule has 1 aliphatic heterocycles. The van der Waals surface area contributed by atoms with Crippen molar-refractivity contribution in [1.82, 2.24) is 10.6 Å². The Hall–Kier alpha value is -2.33. The second kappa shape index (κ2) is 8.57. The van der Waals surface area contributed by atoms with Crippen LogP contribution in [0.3, 0.4) is 0 Å². The van der Waals surface area contributed by atoms with E-state index in [9.17, 15) is 4.79 Å². The summed E-state index contributed by atoms with van der Waals surface area (Å²) in [6.45, 7) is 5.66. The minimum Gasteiger partial charge on any atom is -0.444 e. The van der Waals surface area contributed by atoms with Gasteiger partial charge in [-0.2, -0.15) is 0 Å². The van der Waals surface area contributed by atoms with E-state index in [1.165, 1.54) is 11.1 Å². The van der Waals surface area contributed by atoms with Crippen molar-refractivity contribution < 1.29 is 9.53 Å². The third-order valence-electron chi connectivity index (χ3n) is 4.69. The monoisotopic (exact) mass is 366 g/mol. The molecule has 0 bridgehead atoms. The predicted octanol–water partition coefficient (Wildman–Crippen LogP) is 4.10. The Kier molecular flexibility index (Phi) is 6.17. The zero-order valence-corrected chi connectivity index (χ0v) is 16.4. The highest BCUT2D eigenvalue weighted by Gasteiger charge is 2.38. The van der Waals surface area contributed by atoms with Crippen molar-refractivity contribution in [3.63, 3.8) is 0 Å². The van der Waals surface area contributed by atoms with Gasteiger partial charge in [-0.1, -0.05) is 60.7 Å². The van der Waals surface area contributed by atoms with Crippen LogP contribution >= 0.6 is 0 Å². The summed E-state index contributed by atoms with van der Waals surface area (Å²) >= 11 is 0. The van der Waals surface area contributed by atoms with Crippen molar-refractivity contribution in [2.24, 2.45) is 0 Å². The molecule has 3 atom stereocenters. The molecular weight excluding hydrogens is 336 g/mol. The Morgan fingerprint density at radius 2 is 1.59 bits per heavy atom. The molecule has 2 N–H and O–H groups in total. The maximum absolute atomic E-state index is 12.3. The van der Waals surface area contributed by atoms with Crippen LogP contribution in [0.4, 0.5) is 4.79 Å². The molecule has 3 unspecified atom stereocenters. The van der Waals surface area contributed by atoms with Crippen molar-refractivity contribution in [3.05, 3.63) is 71.8 Å². The highest BCUT2D eigenvalue weighted by molar-refractivity contribution is 5.68. The molecule has 1 aliphatic rings. The molecule has 2 aromatic rings. The van der Waals surface area contributed by atoms with Crippen LogP contribution in [-0.4, -0.2) is 29.8 Å². The molecule has 1 fully saturated rings. The third-order valence-corrected chi connectivity index (χ3v) is 4.69. The van der Waals surface area contributed by atoms with E-state index in [4.69, 9.17) is 4.74 Å². The van der Waals surface area contributed by atoms with E-state index in [-0.39, 0.29) is 12.1 Å². The summed E-state index contributed by atoms with van der Waals surface area (Å²) in [5.41, 5.74) is 2.07. The van der Waals surface area contributed by atoms with Gasteiger partial charge in [-0.05, 0) is 51.2 Å². The number of hydrogen-bond donors (Lipinski definition) is 2. The third kappa shape index (κ3) is 6.72. The second-order valence-electron chi connectivity index (χ2n) is 8.34. The normalized spacial score (nSPS) is 20.0. The summed E-state index contributed by atoms with van der Waals surface area (Å²) in [6.07, 6.45) is 2.38. The summed E-state index contributed by atoms with van der Waals surface area (Å²) in [7, 11) is 0. The van der Waals surface area contributed by atoms with Gasteiger partial charge in [-0.3, -0.25) is 0 Å². The molecule has 1 amide bonds. The van der Waals surface area contributed by atoms with Crippen LogP contribution in [0.25, 0.3) is 0 Å². The van der Waals surface area contributed by atoms with Crippen molar-refractivity contribution in [3.8, 4) is 0 Å². The maximum Gasteiger partial charge on any atom is 0.407 e. The van der Waals surface area contributed by atoms with Gasteiger partial charge in [0.2, 0.25) is 0 Å². The molecule has 144 valence electrons. The molecule has 4 nitrogen and oxygen atoms in total. The van der Waals surface area contributed by atoms with Gasteiger partial charge in [-0.25, -0.2) is 4.79 Å². The van der Waals surface area contributed by atoms with Gasteiger partial charge < -0.3 is 15.4 Å². The van der Waals surface area contributed by atoms with E-state index in [2.05, 4.69) is 47.0 Å². The van der Waals surface area contributed by atoms with Crippen molar-refractivity contribution in [1.29, 1.82) is 0 Å². The van der Waals surface area contributed by atoms with Crippen molar-refractivity contribution in [2.75, 3.05) is 0 Å². The molecule has 4 heteroatoms. The van der Waals surface area contributed by atoms with Crippen LogP contribution in [0.5, 0.6) is 0 Å². The number of carbonyl (C=O) groups excluding carboxylic acids is 1. The van der Waals surface area contributed by atoms with Gasteiger partial charge in [0.05, 0.1) is 0 Å². The number of nitrogens with one attached hydrogen (secondary N) is 2. The average Bonchev–Trinajstić information content (AvgIpc) is 3.32. The Morgan fingerprint density at radius 3 is 2.19 bits per heavy atom. The maximum atomic E-state index is 12.3. The Labute approximate surface area is 162 Å². The predicted molar refractivity (Wildman–Crippen MR) is 109 cm³/mol. The van der Waals surface area contributed by atoms with Crippen LogP contribution in [0, 0.1) is 0 Å². The van der Waals surface area contributed by atoms with Gasteiger partial charge in [0.15, 0.2) is 0 Å². The molecule has 0 saturated carbocycles. The molecule has 3 rings (SSSR count). The largest absolute Gasteiger partial charge is 0.444 e. The first kappa shape index (κ1) is 19.4. The molecular formula is C23H30N2O2. The number of benzene rings is 2. The van der Waals surface area contributed by atoms with Crippen LogP contribution in [0.1, 0.15) is 38.3 Å². The van der Waals surface area contributed by atoms with Gasteiger partial charge >= 0.3 is 6.09 Å². The lowest BCUT2D eigenvalue weighted by molar-refractivity contribution is 0.0501. The minimum atomic E-state index is -0.491. The highest BCUT2D eigenvalue weighted by atomic mass is 16.6. The van der Waals surface area contributed by atoms with Crippen molar-refractivity contribution >= 4 is 6.09 Å². The zero-order chi connectivity index (χ0) is 19.3. The number of rotatable bonds is 7. The van der Waals surface area contributed by atoms with Crippen LogP contribution in [-0.2, 0) is 17.6 Å². The standard InChI is InChI=1S/C23H30N2O2/c1-23(2,3)27-22(26)24-19(14-17-10-6-4-7-11-17)16-21-20(25-21)15-18-12-8-5-9-13-18/h4-13,19-21,25H,14-16H2,1-3H3,(H,24,26). The lowest BCUT2D eigenvalue weighted by Gasteiger charge is -2.23. The zero-order valence-electron chi connectivity index (χ0n) is 16.4. The Morgan fingerprint density at radius 1 is 1.00 bits per heavy atom. The van der Waals surface area contributed by atoms with Gasteiger partial charge in [0.1, 0.15) is 5.60 Å². The number of amides is 1. The van der Waals surface area contributed by atoms with Crippen LogP contribution in [0.15, 0.2) is 60.7 Å². The summed E-state index contributed by atoms with van der Waals surface area (Å²) in [6, 6.07) is 21.8. The fourth-order valence-electron chi connectivity index (χ4n) is 3.39. The molecule has 0 radical (unpaired) electrons. The van der Waals surface area contributed by atoms with E-state index in [1.54, 1.807) is 0 Å². The van der Waals surface area contributed by atoms with Gasteiger partial charge in [-0.15, -0.1) is 0 Å². The van der Waals surface area contributed by atoms with Crippen LogP contribution < -0.4 is 10.6 Å². The molecule has 1 saturated heterocycles. The summed E-state index contributed by atoms with van der Waals surface area (Å²) in [4.78, 5) is 12.3. The first-order valence-corrected chi connectivity index (χ1v) is 9.72. The second-order valence-corrected chi connectivity index (χ2v) is 8.34. The van der Waals surface area contributed by atoms with Gasteiger partial charge in [0.25, 0.3) is 0 Å². The average molecular weight is 367 g/mol. The van der Waals surface area contributed by atoms with E-state index < -0.39 is 5.60 Å². The summed E-state index contributed by atoms with van der Waals surface area (Å²) in [5, 5.41) is 6.64. The number of hydrogen-bond acceptors (Lipinski definition) is 3. The number of carbonyl (C=O) groups is 1. The van der Waals surface area contributed by atoms with E-state index in [0.717, 1.165) is 19.3 Å². The first-order chi connectivity index (χ1) is 12.9. The Bertz CT molecular complexity index is 725. The SMILES string of the molecule is CC(C)(C)OC(=O)NC(Cc1ccccc1)CC1NC1Cc1ccccc1.